The van der Waals surface area contributed by atoms with Gasteiger partial charge in [0.2, 0.25) is 0 Å². The van der Waals surface area contributed by atoms with Crippen molar-refractivity contribution in [2.45, 2.75) is 58.1 Å². The van der Waals surface area contributed by atoms with Crippen molar-refractivity contribution in [2.75, 3.05) is 7.11 Å². The van der Waals surface area contributed by atoms with Gasteiger partial charge in [0.1, 0.15) is 18.0 Å². The molecule has 5 heteroatoms. The molecule has 1 fully saturated rings. The van der Waals surface area contributed by atoms with Crippen LogP contribution in [0.5, 0.6) is 0 Å². The van der Waals surface area contributed by atoms with Crippen LogP contribution >= 0.6 is 0 Å². The Balaban J connectivity index is 1.69. The van der Waals surface area contributed by atoms with Crippen LogP contribution in [0, 0.1) is 12.7 Å². The molecule has 4 nitrogen and oxygen atoms in total. The van der Waals surface area contributed by atoms with E-state index < -0.39 is 6.29 Å². The Morgan fingerprint density at radius 3 is 2.33 bits per heavy atom. The van der Waals surface area contributed by atoms with Crippen molar-refractivity contribution in [3.63, 3.8) is 0 Å². The Morgan fingerprint density at radius 1 is 0.963 bits per heavy atom. The number of hydrogen-bond donors (Lipinski definition) is 0. The summed E-state index contributed by atoms with van der Waals surface area (Å²) in [6.07, 6.45) is -0.625. The minimum absolute atomic E-state index is 0.162. The smallest absolute Gasteiger partial charge is 0.186 e. The Hall–Kier alpha value is -1.79. The quantitative estimate of drug-likeness (QED) is 0.687. The van der Waals surface area contributed by atoms with E-state index in [9.17, 15) is 4.39 Å². The summed E-state index contributed by atoms with van der Waals surface area (Å²) < 4.78 is 37.5. The maximum atomic E-state index is 13.9. The molecular formula is C22H27FO4. The van der Waals surface area contributed by atoms with Gasteiger partial charge in [0.15, 0.2) is 6.29 Å². The summed E-state index contributed by atoms with van der Waals surface area (Å²) in [5.74, 6) is -0.273. The number of rotatable bonds is 8. The van der Waals surface area contributed by atoms with E-state index in [0.29, 0.717) is 12.2 Å². The van der Waals surface area contributed by atoms with Gasteiger partial charge >= 0.3 is 0 Å². The maximum Gasteiger partial charge on any atom is 0.186 e. The second-order valence-electron chi connectivity index (χ2n) is 6.82. The number of aryl methyl sites for hydroxylation is 1. The molecule has 146 valence electrons. The van der Waals surface area contributed by atoms with E-state index >= 15 is 0 Å². The van der Waals surface area contributed by atoms with Gasteiger partial charge in [-0.15, -0.1) is 0 Å². The number of ether oxygens (including phenoxy) is 4. The van der Waals surface area contributed by atoms with Crippen LogP contribution in [0.3, 0.4) is 0 Å². The predicted molar refractivity (Wildman–Crippen MR) is 101 cm³/mol. The lowest BCUT2D eigenvalue weighted by molar-refractivity contribution is -0.166. The summed E-state index contributed by atoms with van der Waals surface area (Å²) in [4.78, 5) is 0. The standard InChI is InChI=1S/C22H27FO4/c1-4-19-20(26-14-17-7-5-6-8-18(17)23)21(22(24-3)27-19)25-13-16-11-9-15(2)10-12-16/h5-12,19-22H,4,13-14H2,1-3H3/t19-,20+,21-,22?/m1/s1. The van der Waals surface area contributed by atoms with Crippen molar-refractivity contribution in [3.8, 4) is 0 Å². The lowest BCUT2D eigenvalue weighted by Gasteiger charge is -2.24. The zero-order chi connectivity index (χ0) is 19.2. The average molecular weight is 374 g/mol. The third-order valence-electron chi connectivity index (χ3n) is 4.85. The van der Waals surface area contributed by atoms with Crippen molar-refractivity contribution in [1.29, 1.82) is 0 Å². The van der Waals surface area contributed by atoms with Gasteiger partial charge in [0.25, 0.3) is 0 Å². The normalized spacial score (nSPS) is 25.0. The van der Waals surface area contributed by atoms with Crippen LogP contribution in [-0.4, -0.2) is 31.7 Å². The third-order valence-corrected chi connectivity index (χ3v) is 4.85. The van der Waals surface area contributed by atoms with Gasteiger partial charge in [-0.3, -0.25) is 0 Å². The largest absolute Gasteiger partial charge is 0.368 e. The second kappa shape index (κ2) is 9.42. The molecule has 2 aromatic rings. The Bertz CT molecular complexity index is 719. The van der Waals surface area contributed by atoms with Crippen LogP contribution in [0.2, 0.25) is 0 Å². The minimum Gasteiger partial charge on any atom is -0.368 e. The van der Waals surface area contributed by atoms with E-state index in [1.165, 1.54) is 11.6 Å². The molecule has 1 heterocycles. The number of halogens is 1. The Morgan fingerprint density at radius 2 is 1.67 bits per heavy atom. The van der Waals surface area contributed by atoms with Crippen molar-refractivity contribution >= 4 is 0 Å². The van der Waals surface area contributed by atoms with Crippen LogP contribution in [-0.2, 0) is 32.2 Å². The molecule has 0 N–H and O–H groups in total. The van der Waals surface area contributed by atoms with Gasteiger partial charge in [0, 0.05) is 12.7 Å². The van der Waals surface area contributed by atoms with Gasteiger partial charge in [-0.1, -0.05) is 55.0 Å². The topological polar surface area (TPSA) is 36.9 Å². The monoisotopic (exact) mass is 374 g/mol. The highest BCUT2D eigenvalue weighted by atomic mass is 19.1. The highest BCUT2D eigenvalue weighted by Gasteiger charge is 2.45. The van der Waals surface area contributed by atoms with Gasteiger partial charge in [-0.25, -0.2) is 4.39 Å². The molecule has 1 aliphatic rings. The molecule has 1 unspecified atom stereocenters. The first-order valence-corrected chi connectivity index (χ1v) is 9.32. The van der Waals surface area contributed by atoms with Gasteiger partial charge in [-0.2, -0.15) is 0 Å². The zero-order valence-corrected chi connectivity index (χ0v) is 16.1. The molecule has 0 spiro atoms. The first-order valence-electron chi connectivity index (χ1n) is 9.32. The van der Waals surface area contributed by atoms with Crippen LogP contribution < -0.4 is 0 Å². The SMILES string of the molecule is CC[C@H]1OC(OC)[C@H](OCc2ccc(C)cc2)[C@H]1OCc1ccccc1F. The van der Waals surface area contributed by atoms with Gasteiger partial charge in [-0.05, 0) is 25.0 Å². The van der Waals surface area contributed by atoms with Gasteiger partial charge < -0.3 is 18.9 Å². The fourth-order valence-electron chi connectivity index (χ4n) is 3.27. The summed E-state index contributed by atoms with van der Waals surface area (Å²) in [7, 11) is 1.60. The number of benzene rings is 2. The zero-order valence-electron chi connectivity index (χ0n) is 16.1. The van der Waals surface area contributed by atoms with E-state index in [4.69, 9.17) is 18.9 Å². The van der Waals surface area contributed by atoms with Crippen LogP contribution in [0.15, 0.2) is 48.5 Å². The van der Waals surface area contributed by atoms with Crippen molar-refractivity contribution in [1.82, 2.24) is 0 Å². The van der Waals surface area contributed by atoms with Crippen molar-refractivity contribution in [3.05, 3.63) is 71.0 Å². The molecule has 1 aliphatic heterocycles. The lowest BCUT2D eigenvalue weighted by Crippen LogP contribution is -2.38. The molecule has 0 radical (unpaired) electrons. The highest BCUT2D eigenvalue weighted by molar-refractivity contribution is 5.20. The van der Waals surface area contributed by atoms with E-state index in [1.807, 2.05) is 19.1 Å². The van der Waals surface area contributed by atoms with Crippen molar-refractivity contribution < 1.29 is 23.3 Å². The summed E-state index contributed by atoms with van der Waals surface area (Å²) in [6.45, 7) is 4.68. The molecular weight excluding hydrogens is 347 g/mol. The number of hydrogen-bond acceptors (Lipinski definition) is 4. The Labute approximate surface area is 160 Å². The molecule has 2 aromatic carbocycles. The van der Waals surface area contributed by atoms with Crippen LogP contribution in [0.4, 0.5) is 4.39 Å². The molecule has 3 rings (SSSR count). The minimum atomic E-state index is -0.508. The molecule has 0 amide bonds. The van der Waals surface area contributed by atoms with E-state index in [1.54, 1.807) is 25.3 Å². The fraction of sp³-hybridized carbons (Fsp3) is 0.455. The first-order chi connectivity index (χ1) is 13.1. The van der Waals surface area contributed by atoms with E-state index in [0.717, 1.165) is 12.0 Å². The van der Waals surface area contributed by atoms with E-state index in [2.05, 4.69) is 19.1 Å². The summed E-state index contributed by atoms with van der Waals surface area (Å²) in [6, 6.07) is 14.8. The summed E-state index contributed by atoms with van der Waals surface area (Å²) in [5.41, 5.74) is 2.80. The molecule has 0 bridgehead atoms. The third kappa shape index (κ3) is 4.93. The fourth-order valence-corrected chi connectivity index (χ4v) is 3.27. The molecule has 0 saturated carbocycles. The van der Waals surface area contributed by atoms with Crippen molar-refractivity contribution in [2.24, 2.45) is 0 Å². The average Bonchev–Trinajstić information content (AvgIpc) is 3.03. The first kappa shape index (κ1) is 20.0. The predicted octanol–water partition coefficient (Wildman–Crippen LogP) is 4.39. The summed E-state index contributed by atoms with van der Waals surface area (Å²) in [5, 5.41) is 0. The Kier molecular flexibility index (Phi) is 6.96. The number of methoxy groups -OCH3 is 1. The maximum absolute atomic E-state index is 13.9. The molecule has 27 heavy (non-hydrogen) atoms. The van der Waals surface area contributed by atoms with E-state index in [-0.39, 0.29) is 30.7 Å². The summed E-state index contributed by atoms with van der Waals surface area (Å²) >= 11 is 0. The van der Waals surface area contributed by atoms with Crippen LogP contribution in [0.1, 0.15) is 30.0 Å². The highest BCUT2D eigenvalue weighted by Crippen LogP contribution is 2.30. The van der Waals surface area contributed by atoms with Gasteiger partial charge in [0.05, 0.1) is 19.3 Å². The second-order valence-corrected chi connectivity index (χ2v) is 6.82. The molecule has 1 saturated heterocycles. The molecule has 4 atom stereocenters. The lowest BCUT2D eigenvalue weighted by atomic mass is 10.1. The molecule has 0 aromatic heterocycles. The molecule has 0 aliphatic carbocycles. The van der Waals surface area contributed by atoms with Crippen LogP contribution in [0.25, 0.3) is 0 Å².